The molecule has 0 fully saturated rings. The standard InChI is InChI=1S/C19H13FN2OS/c20-16-10-6-5-9-15(16)17-11-14(12-21)18(22-17)24-19(23)13-7-3-1-2-4-8-13/h1-3,5-11,22H,4H2. The van der Waals surface area contributed by atoms with E-state index in [2.05, 4.69) is 4.98 Å². The van der Waals surface area contributed by atoms with Gasteiger partial charge in [0, 0.05) is 11.1 Å². The number of hydrogen-bond acceptors (Lipinski definition) is 3. The van der Waals surface area contributed by atoms with Gasteiger partial charge in [0.2, 0.25) is 5.12 Å². The van der Waals surface area contributed by atoms with Gasteiger partial charge in [0.05, 0.1) is 16.3 Å². The minimum Gasteiger partial charge on any atom is -0.348 e. The zero-order valence-electron chi connectivity index (χ0n) is 12.6. The Bertz CT molecular complexity index is 916. The van der Waals surface area contributed by atoms with Crippen molar-refractivity contribution in [2.24, 2.45) is 0 Å². The van der Waals surface area contributed by atoms with Crippen LogP contribution in [0.15, 0.2) is 71.3 Å². The molecule has 5 heteroatoms. The molecule has 24 heavy (non-hydrogen) atoms. The quantitative estimate of drug-likeness (QED) is 0.823. The molecule has 0 saturated carbocycles. The zero-order valence-corrected chi connectivity index (χ0v) is 13.4. The molecule has 1 aromatic heterocycles. The SMILES string of the molecule is N#Cc1cc(-c2ccccc2F)[nH]c1SC(=O)C1=CCC=CC=C1. The lowest BCUT2D eigenvalue weighted by Crippen LogP contribution is -1.95. The van der Waals surface area contributed by atoms with E-state index in [0.717, 1.165) is 11.8 Å². The van der Waals surface area contributed by atoms with Crippen molar-refractivity contribution in [3.63, 3.8) is 0 Å². The summed E-state index contributed by atoms with van der Waals surface area (Å²) in [6, 6.07) is 9.91. The third kappa shape index (κ3) is 3.39. The molecule has 1 N–H and O–H groups in total. The summed E-state index contributed by atoms with van der Waals surface area (Å²) < 4.78 is 13.9. The molecule has 2 aromatic rings. The van der Waals surface area contributed by atoms with E-state index in [9.17, 15) is 14.4 Å². The molecule has 0 aliphatic heterocycles. The largest absolute Gasteiger partial charge is 0.348 e. The molecule has 3 nitrogen and oxygen atoms in total. The number of halogens is 1. The molecule has 1 heterocycles. The summed E-state index contributed by atoms with van der Waals surface area (Å²) >= 11 is 0.945. The highest BCUT2D eigenvalue weighted by molar-refractivity contribution is 8.14. The van der Waals surface area contributed by atoms with Crippen molar-refractivity contribution in [3.8, 4) is 17.3 Å². The fraction of sp³-hybridized carbons (Fsp3) is 0.0526. The summed E-state index contributed by atoms with van der Waals surface area (Å²) in [5, 5.41) is 9.55. The Morgan fingerprint density at radius 1 is 1.29 bits per heavy atom. The van der Waals surface area contributed by atoms with E-state index >= 15 is 0 Å². The average Bonchev–Trinajstić information content (AvgIpc) is 2.80. The predicted octanol–water partition coefficient (Wildman–Crippen LogP) is 4.75. The van der Waals surface area contributed by atoms with Gasteiger partial charge in [-0.2, -0.15) is 5.26 Å². The first-order valence-electron chi connectivity index (χ1n) is 7.32. The first-order chi connectivity index (χ1) is 11.7. The van der Waals surface area contributed by atoms with E-state index in [1.165, 1.54) is 6.07 Å². The van der Waals surface area contributed by atoms with Crippen molar-refractivity contribution >= 4 is 16.9 Å². The lowest BCUT2D eigenvalue weighted by molar-refractivity contribution is -0.107. The number of aromatic amines is 1. The molecule has 1 aliphatic carbocycles. The van der Waals surface area contributed by atoms with Crippen molar-refractivity contribution < 1.29 is 9.18 Å². The summed E-state index contributed by atoms with van der Waals surface area (Å²) in [5.41, 5.74) is 1.75. The van der Waals surface area contributed by atoms with Crippen LogP contribution in [0.5, 0.6) is 0 Å². The Balaban J connectivity index is 1.89. The molecule has 0 spiro atoms. The van der Waals surface area contributed by atoms with E-state index in [4.69, 9.17) is 0 Å². The Morgan fingerprint density at radius 3 is 2.92 bits per heavy atom. The van der Waals surface area contributed by atoms with Gasteiger partial charge in [-0.1, -0.05) is 42.5 Å². The molecule has 0 unspecified atom stereocenters. The number of carbonyl (C=O) groups excluding carboxylic acids is 1. The van der Waals surface area contributed by atoms with Gasteiger partial charge in [-0.25, -0.2) is 4.39 Å². The summed E-state index contributed by atoms with van der Waals surface area (Å²) in [6.07, 6.45) is 9.90. The summed E-state index contributed by atoms with van der Waals surface area (Å²) in [4.78, 5) is 15.4. The van der Waals surface area contributed by atoms with Crippen LogP contribution >= 0.6 is 11.8 Å². The van der Waals surface area contributed by atoms with Crippen LogP contribution in [0.1, 0.15) is 12.0 Å². The molecule has 0 bridgehead atoms. The van der Waals surface area contributed by atoms with Gasteiger partial charge in [0.1, 0.15) is 11.9 Å². The van der Waals surface area contributed by atoms with E-state index in [1.807, 2.05) is 30.4 Å². The van der Waals surface area contributed by atoms with Crippen LogP contribution in [0.3, 0.4) is 0 Å². The zero-order chi connectivity index (χ0) is 16.9. The summed E-state index contributed by atoms with van der Waals surface area (Å²) in [5.74, 6) is -0.383. The second-order valence-electron chi connectivity index (χ2n) is 5.09. The highest BCUT2D eigenvalue weighted by Crippen LogP contribution is 2.31. The van der Waals surface area contributed by atoms with Crippen LogP contribution in [-0.2, 0) is 4.79 Å². The summed E-state index contributed by atoms with van der Waals surface area (Å²) in [7, 11) is 0. The fourth-order valence-corrected chi connectivity index (χ4v) is 3.14. The third-order valence-corrected chi connectivity index (χ3v) is 4.44. The molecule has 0 amide bonds. The smallest absolute Gasteiger partial charge is 0.225 e. The molecule has 0 atom stereocenters. The minimum absolute atomic E-state index is 0.159. The van der Waals surface area contributed by atoms with Crippen molar-refractivity contribution in [3.05, 3.63) is 77.7 Å². The van der Waals surface area contributed by atoms with Crippen molar-refractivity contribution in [1.29, 1.82) is 5.26 Å². The highest BCUT2D eigenvalue weighted by Gasteiger charge is 2.17. The van der Waals surface area contributed by atoms with Crippen LogP contribution in [0, 0.1) is 17.1 Å². The Hall–Kier alpha value is -2.84. The van der Waals surface area contributed by atoms with Crippen LogP contribution < -0.4 is 0 Å². The van der Waals surface area contributed by atoms with Crippen LogP contribution in [0.4, 0.5) is 4.39 Å². The van der Waals surface area contributed by atoms with Crippen molar-refractivity contribution in [1.82, 2.24) is 4.98 Å². The third-order valence-electron chi connectivity index (χ3n) is 3.49. The molecule has 1 aliphatic rings. The average molecular weight is 336 g/mol. The maximum absolute atomic E-state index is 13.9. The molecular weight excluding hydrogens is 323 g/mol. The Kier molecular flexibility index (Phi) is 4.78. The van der Waals surface area contributed by atoms with E-state index < -0.39 is 0 Å². The van der Waals surface area contributed by atoms with E-state index in [0.29, 0.717) is 33.8 Å². The summed E-state index contributed by atoms with van der Waals surface area (Å²) in [6.45, 7) is 0. The second kappa shape index (κ2) is 7.16. The first-order valence-corrected chi connectivity index (χ1v) is 8.14. The molecule has 3 rings (SSSR count). The number of thioether (sulfide) groups is 1. The predicted molar refractivity (Wildman–Crippen MR) is 92.7 cm³/mol. The number of allylic oxidation sites excluding steroid dienone is 5. The normalized spacial score (nSPS) is 13.2. The van der Waals surface area contributed by atoms with Gasteiger partial charge < -0.3 is 4.98 Å². The van der Waals surface area contributed by atoms with Gasteiger partial charge in [-0.15, -0.1) is 0 Å². The number of aromatic nitrogens is 1. The number of hydrogen-bond donors (Lipinski definition) is 1. The minimum atomic E-state index is -0.383. The lowest BCUT2D eigenvalue weighted by atomic mass is 10.1. The van der Waals surface area contributed by atoms with Gasteiger partial charge in [-0.3, -0.25) is 4.79 Å². The van der Waals surface area contributed by atoms with Crippen LogP contribution in [-0.4, -0.2) is 10.1 Å². The number of benzene rings is 1. The lowest BCUT2D eigenvalue weighted by Gasteiger charge is -2.01. The number of nitrogens with one attached hydrogen (secondary N) is 1. The first kappa shape index (κ1) is 16.0. The number of H-pyrrole nitrogens is 1. The Labute approximate surface area is 143 Å². The van der Waals surface area contributed by atoms with Crippen molar-refractivity contribution in [2.45, 2.75) is 11.4 Å². The number of nitriles is 1. The molecule has 1 aromatic carbocycles. The molecule has 0 saturated heterocycles. The molecule has 118 valence electrons. The van der Waals surface area contributed by atoms with Gasteiger partial charge in [0.25, 0.3) is 0 Å². The maximum atomic E-state index is 13.9. The number of carbonyl (C=O) groups is 1. The monoisotopic (exact) mass is 336 g/mol. The Morgan fingerprint density at radius 2 is 2.12 bits per heavy atom. The van der Waals surface area contributed by atoms with E-state index in [-0.39, 0.29) is 10.9 Å². The van der Waals surface area contributed by atoms with Crippen molar-refractivity contribution in [2.75, 3.05) is 0 Å². The molecular formula is C19H13FN2OS. The maximum Gasteiger partial charge on any atom is 0.225 e. The molecule has 0 radical (unpaired) electrons. The van der Waals surface area contributed by atoms with Gasteiger partial charge in [0.15, 0.2) is 0 Å². The van der Waals surface area contributed by atoms with Gasteiger partial charge in [-0.05, 0) is 36.4 Å². The number of rotatable bonds is 3. The fourth-order valence-electron chi connectivity index (χ4n) is 2.31. The number of nitrogens with zero attached hydrogens (tertiary/aromatic N) is 1. The van der Waals surface area contributed by atoms with Gasteiger partial charge >= 0.3 is 0 Å². The van der Waals surface area contributed by atoms with Crippen LogP contribution in [0.2, 0.25) is 0 Å². The topological polar surface area (TPSA) is 56.6 Å². The van der Waals surface area contributed by atoms with Crippen LogP contribution in [0.25, 0.3) is 11.3 Å². The highest BCUT2D eigenvalue weighted by atomic mass is 32.2. The second-order valence-corrected chi connectivity index (χ2v) is 6.07. The van der Waals surface area contributed by atoms with E-state index in [1.54, 1.807) is 30.3 Å².